The molecular weight excluding hydrogens is 255 g/mol. The van der Waals surface area contributed by atoms with Crippen LogP contribution in [-0.4, -0.2) is 17.9 Å². The van der Waals surface area contributed by atoms with Gasteiger partial charge in [-0.05, 0) is 24.3 Å². The lowest BCUT2D eigenvalue weighted by atomic mass is 10.2. The largest absolute Gasteiger partial charge is 0.310 e. The predicted molar refractivity (Wildman–Crippen MR) is 68.4 cm³/mol. The zero-order chi connectivity index (χ0) is 13.1. The summed E-state index contributed by atoms with van der Waals surface area (Å²) in [4.78, 5) is 17.4. The van der Waals surface area contributed by atoms with Crippen molar-refractivity contribution in [2.75, 3.05) is 11.9 Å². The molecule has 0 spiro atoms. The van der Waals surface area contributed by atoms with Gasteiger partial charge >= 0.3 is 0 Å². The van der Waals surface area contributed by atoms with Crippen molar-refractivity contribution in [3.05, 3.63) is 59.1 Å². The molecule has 0 fully saturated rings. The first-order valence-electron chi connectivity index (χ1n) is 5.23. The lowest BCUT2D eigenvalue weighted by Gasteiger charge is -2.17. The van der Waals surface area contributed by atoms with E-state index in [1.54, 1.807) is 25.4 Å². The highest BCUT2D eigenvalue weighted by atomic mass is 35.5. The number of pyridine rings is 1. The average molecular weight is 265 g/mol. The molecule has 0 atom stereocenters. The minimum absolute atomic E-state index is 0.0933. The fraction of sp³-hybridized carbons (Fsp3) is 0.0769. The molecule has 1 aromatic heterocycles. The standard InChI is InChI=1S/C13H10ClFN2O/c1-17(9-4-3-7-16-8-9)13(18)12-10(14)5-2-6-11(12)15/h2-8H,1H3. The van der Waals surface area contributed by atoms with Crippen molar-refractivity contribution in [1.29, 1.82) is 0 Å². The van der Waals surface area contributed by atoms with E-state index in [9.17, 15) is 9.18 Å². The summed E-state index contributed by atoms with van der Waals surface area (Å²) in [5.41, 5.74) is 0.437. The highest BCUT2D eigenvalue weighted by molar-refractivity contribution is 6.34. The summed E-state index contributed by atoms with van der Waals surface area (Å²) in [6.45, 7) is 0. The monoisotopic (exact) mass is 264 g/mol. The third-order valence-electron chi connectivity index (χ3n) is 2.51. The molecule has 0 aliphatic carbocycles. The van der Waals surface area contributed by atoms with Crippen LogP contribution in [0.3, 0.4) is 0 Å². The van der Waals surface area contributed by atoms with Crippen LogP contribution in [0.25, 0.3) is 0 Å². The summed E-state index contributed by atoms with van der Waals surface area (Å²) >= 11 is 5.85. The Labute approximate surface area is 109 Å². The van der Waals surface area contributed by atoms with Crippen molar-refractivity contribution >= 4 is 23.2 Å². The van der Waals surface area contributed by atoms with Crippen LogP contribution in [0.2, 0.25) is 5.02 Å². The number of carbonyl (C=O) groups is 1. The molecule has 0 radical (unpaired) electrons. The number of hydrogen-bond acceptors (Lipinski definition) is 2. The lowest BCUT2D eigenvalue weighted by Crippen LogP contribution is -2.27. The van der Waals surface area contributed by atoms with Gasteiger partial charge in [-0.2, -0.15) is 0 Å². The number of nitrogens with zero attached hydrogens (tertiary/aromatic N) is 2. The predicted octanol–water partition coefficient (Wildman–Crippen LogP) is 3.15. The Morgan fingerprint density at radius 1 is 1.33 bits per heavy atom. The fourth-order valence-electron chi connectivity index (χ4n) is 1.54. The van der Waals surface area contributed by atoms with Crippen LogP contribution in [0.4, 0.5) is 10.1 Å². The van der Waals surface area contributed by atoms with E-state index in [2.05, 4.69) is 4.98 Å². The van der Waals surface area contributed by atoms with E-state index < -0.39 is 11.7 Å². The Morgan fingerprint density at radius 2 is 2.11 bits per heavy atom. The Balaban J connectivity index is 2.38. The number of aromatic nitrogens is 1. The normalized spacial score (nSPS) is 10.2. The van der Waals surface area contributed by atoms with E-state index in [0.717, 1.165) is 0 Å². The van der Waals surface area contributed by atoms with Crippen LogP contribution in [0, 0.1) is 5.82 Å². The van der Waals surface area contributed by atoms with Gasteiger partial charge in [-0.1, -0.05) is 17.7 Å². The number of anilines is 1. The van der Waals surface area contributed by atoms with E-state index in [1.807, 2.05) is 0 Å². The maximum absolute atomic E-state index is 13.6. The van der Waals surface area contributed by atoms with Crippen molar-refractivity contribution in [3.8, 4) is 0 Å². The van der Waals surface area contributed by atoms with Gasteiger partial charge in [-0.25, -0.2) is 4.39 Å². The molecule has 1 heterocycles. The average Bonchev–Trinajstić information content (AvgIpc) is 2.38. The molecular formula is C13H10ClFN2O. The Bertz CT molecular complexity index is 554. The van der Waals surface area contributed by atoms with Gasteiger partial charge in [0.15, 0.2) is 0 Å². The molecule has 0 saturated heterocycles. The summed E-state index contributed by atoms with van der Waals surface area (Å²) < 4.78 is 13.6. The number of amides is 1. The highest BCUT2D eigenvalue weighted by Crippen LogP contribution is 2.22. The van der Waals surface area contributed by atoms with Gasteiger partial charge in [0, 0.05) is 13.2 Å². The van der Waals surface area contributed by atoms with Crippen LogP contribution in [-0.2, 0) is 0 Å². The molecule has 2 aromatic rings. The minimum atomic E-state index is -0.636. The smallest absolute Gasteiger partial charge is 0.262 e. The molecule has 92 valence electrons. The van der Waals surface area contributed by atoms with Gasteiger partial charge in [0.2, 0.25) is 0 Å². The van der Waals surface area contributed by atoms with Gasteiger partial charge in [0.1, 0.15) is 5.82 Å². The third kappa shape index (κ3) is 2.33. The van der Waals surface area contributed by atoms with E-state index in [0.29, 0.717) is 5.69 Å². The second-order valence-corrected chi connectivity index (χ2v) is 4.08. The van der Waals surface area contributed by atoms with E-state index in [1.165, 1.54) is 29.3 Å². The molecule has 18 heavy (non-hydrogen) atoms. The second kappa shape index (κ2) is 5.14. The van der Waals surface area contributed by atoms with Crippen molar-refractivity contribution in [2.45, 2.75) is 0 Å². The zero-order valence-corrected chi connectivity index (χ0v) is 10.4. The summed E-state index contributed by atoms with van der Waals surface area (Å²) in [6, 6.07) is 7.55. The summed E-state index contributed by atoms with van der Waals surface area (Å²) in [5, 5.41) is 0.0933. The third-order valence-corrected chi connectivity index (χ3v) is 2.83. The first-order chi connectivity index (χ1) is 8.61. The van der Waals surface area contributed by atoms with Gasteiger partial charge in [0.05, 0.1) is 22.5 Å². The molecule has 1 amide bonds. The lowest BCUT2D eigenvalue weighted by molar-refractivity contribution is 0.0989. The summed E-state index contributed by atoms with van der Waals surface area (Å²) in [7, 11) is 1.54. The molecule has 3 nitrogen and oxygen atoms in total. The van der Waals surface area contributed by atoms with Gasteiger partial charge in [0.25, 0.3) is 5.91 Å². The molecule has 5 heteroatoms. The van der Waals surface area contributed by atoms with Gasteiger partial charge in [-0.15, -0.1) is 0 Å². The minimum Gasteiger partial charge on any atom is -0.310 e. The van der Waals surface area contributed by atoms with Gasteiger partial charge < -0.3 is 4.90 Å². The van der Waals surface area contributed by atoms with Crippen LogP contribution < -0.4 is 4.90 Å². The Hall–Kier alpha value is -1.94. The SMILES string of the molecule is CN(C(=O)c1c(F)cccc1Cl)c1cccnc1. The Kier molecular flexibility index (Phi) is 3.58. The second-order valence-electron chi connectivity index (χ2n) is 3.67. The first-order valence-corrected chi connectivity index (χ1v) is 5.61. The quantitative estimate of drug-likeness (QED) is 0.835. The molecule has 0 aliphatic rings. The Morgan fingerprint density at radius 3 is 2.72 bits per heavy atom. The fourth-order valence-corrected chi connectivity index (χ4v) is 1.78. The topological polar surface area (TPSA) is 33.2 Å². The molecule has 0 aliphatic heterocycles. The van der Waals surface area contributed by atoms with E-state index >= 15 is 0 Å². The maximum Gasteiger partial charge on any atom is 0.262 e. The highest BCUT2D eigenvalue weighted by Gasteiger charge is 2.20. The number of benzene rings is 1. The number of carbonyl (C=O) groups excluding carboxylic acids is 1. The number of rotatable bonds is 2. The van der Waals surface area contributed by atoms with E-state index in [-0.39, 0.29) is 10.6 Å². The summed E-state index contributed by atoms with van der Waals surface area (Å²) in [6.07, 6.45) is 3.12. The maximum atomic E-state index is 13.6. The van der Waals surface area contributed by atoms with Crippen molar-refractivity contribution < 1.29 is 9.18 Å². The van der Waals surface area contributed by atoms with Crippen molar-refractivity contribution in [3.63, 3.8) is 0 Å². The number of halogens is 2. The molecule has 0 N–H and O–H groups in total. The molecule has 2 rings (SSSR count). The molecule has 1 aromatic carbocycles. The zero-order valence-electron chi connectivity index (χ0n) is 9.60. The van der Waals surface area contributed by atoms with Crippen LogP contribution >= 0.6 is 11.6 Å². The molecule has 0 unspecified atom stereocenters. The van der Waals surface area contributed by atoms with Crippen molar-refractivity contribution in [2.24, 2.45) is 0 Å². The molecule has 0 bridgehead atoms. The van der Waals surface area contributed by atoms with Crippen molar-refractivity contribution in [1.82, 2.24) is 4.98 Å². The van der Waals surface area contributed by atoms with Crippen LogP contribution in [0.5, 0.6) is 0 Å². The first kappa shape index (κ1) is 12.5. The molecule has 0 saturated carbocycles. The van der Waals surface area contributed by atoms with Crippen LogP contribution in [0.15, 0.2) is 42.7 Å². The number of hydrogen-bond donors (Lipinski definition) is 0. The summed E-state index contributed by atoms with van der Waals surface area (Å²) in [5.74, 6) is -1.14. The van der Waals surface area contributed by atoms with Gasteiger partial charge in [-0.3, -0.25) is 9.78 Å². The van der Waals surface area contributed by atoms with E-state index in [4.69, 9.17) is 11.6 Å². The van der Waals surface area contributed by atoms with Crippen LogP contribution in [0.1, 0.15) is 10.4 Å².